The molecule has 0 atom stereocenters. The molecular formula is C17H18N2OS. The summed E-state index contributed by atoms with van der Waals surface area (Å²) in [5, 5.41) is 13.6. The minimum atomic E-state index is -0.677. The number of fused-ring (bicyclic) bond motifs is 1. The van der Waals surface area contributed by atoms with E-state index in [1.54, 1.807) is 0 Å². The number of amides is 1. The van der Waals surface area contributed by atoms with Crippen LogP contribution in [0.3, 0.4) is 0 Å². The maximum atomic E-state index is 12.5. The minimum Gasteiger partial charge on any atom is -0.333 e. The van der Waals surface area contributed by atoms with E-state index in [4.69, 9.17) is 0 Å². The summed E-state index contributed by atoms with van der Waals surface area (Å²) in [6.45, 7) is 0. The Kier molecular flexibility index (Phi) is 3.94. The predicted octanol–water partition coefficient (Wildman–Crippen LogP) is 4.25. The Morgan fingerprint density at radius 2 is 1.90 bits per heavy atom. The van der Waals surface area contributed by atoms with Gasteiger partial charge in [0.2, 0.25) is 0 Å². The van der Waals surface area contributed by atoms with Gasteiger partial charge in [-0.05, 0) is 30.4 Å². The molecule has 1 aliphatic carbocycles. The lowest BCUT2D eigenvalue weighted by Gasteiger charge is -2.25. The number of nitriles is 1. The standard InChI is InChI=1S/C17H18N2OS/c18-12-17(9-5-1-2-6-10-17)19-16(20)15-11-13-7-3-4-8-14(13)21-15/h3-4,7-8,11H,1-2,5-6,9-10H2,(H,19,20). The third kappa shape index (κ3) is 2.93. The molecule has 1 fully saturated rings. The summed E-state index contributed by atoms with van der Waals surface area (Å²) >= 11 is 1.49. The number of nitrogens with zero attached hydrogens (tertiary/aromatic N) is 1. The molecule has 1 aliphatic rings. The van der Waals surface area contributed by atoms with Crippen molar-refractivity contribution in [3.05, 3.63) is 35.2 Å². The van der Waals surface area contributed by atoms with Gasteiger partial charge in [-0.15, -0.1) is 11.3 Å². The van der Waals surface area contributed by atoms with Gasteiger partial charge in [0.05, 0.1) is 10.9 Å². The summed E-state index contributed by atoms with van der Waals surface area (Å²) < 4.78 is 1.11. The first kappa shape index (κ1) is 14.1. The molecule has 2 aromatic rings. The van der Waals surface area contributed by atoms with Gasteiger partial charge < -0.3 is 5.32 Å². The molecule has 0 radical (unpaired) electrons. The first-order valence-electron chi connectivity index (χ1n) is 7.45. The molecule has 108 valence electrons. The molecule has 21 heavy (non-hydrogen) atoms. The van der Waals surface area contributed by atoms with Crippen LogP contribution in [-0.4, -0.2) is 11.4 Å². The van der Waals surface area contributed by atoms with Crippen LogP contribution in [0.25, 0.3) is 10.1 Å². The Bertz CT molecular complexity index is 657. The number of benzene rings is 1. The first-order valence-corrected chi connectivity index (χ1v) is 8.26. The Morgan fingerprint density at radius 3 is 2.57 bits per heavy atom. The highest BCUT2D eigenvalue weighted by Crippen LogP contribution is 2.29. The second-order valence-electron chi connectivity index (χ2n) is 5.71. The zero-order valence-electron chi connectivity index (χ0n) is 11.9. The van der Waals surface area contributed by atoms with Gasteiger partial charge in [0, 0.05) is 4.70 Å². The first-order chi connectivity index (χ1) is 10.2. The Hall–Kier alpha value is -1.86. The molecule has 1 amide bonds. The van der Waals surface area contributed by atoms with Crippen molar-refractivity contribution in [2.75, 3.05) is 0 Å². The van der Waals surface area contributed by atoms with Crippen LogP contribution >= 0.6 is 11.3 Å². The van der Waals surface area contributed by atoms with Gasteiger partial charge >= 0.3 is 0 Å². The molecule has 1 saturated carbocycles. The fourth-order valence-electron chi connectivity index (χ4n) is 2.97. The number of thiophene rings is 1. The lowest BCUT2D eigenvalue weighted by molar-refractivity contribution is 0.0917. The van der Waals surface area contributed by atoms with Crippen LogP contribution < -0.4 is 5.32 Å². The van der Waals surface area contributed by atoms with Gasteiger partial charge in [-0.3, -0.25) is 4.79 Å². The molecule has 3 rings (SSSR count). The van der Waals surface area contributed by atoms with E-state index < -0.39 is 5.54 Å². The van der Waals surface area contributed by atoms with Gasteiger partial charge in [-0.2, -0.15) is 5.26 Å². The molecule has 1 aromatic heterocycles. The predicted molar refractivity (Wildman–Crippen MR) is 85.3 cm³/mol. The molecular weight excluding hydrogens is 280 g/mol. The van der Waals surface area contributed by atoms with Crippen LogP contribution in [0.4, 0.5) is 0 Å². The fourth-order valence-corrected chi connectivity index (χ4v) is 3.93. The van der Waals surface area contributed by atoms with E-state index in [0.29, 0.717) is 4.88 Å². The van der Waals surface area contributed by atoms with Crippen molar-refractivity contribution in [1.82, 2.24) is 5.32 Å². The third-order valence-corrected chi connectivity index (χ3v) is 5.29. The highest BCUT2D eigenvalue weighted by Gasteiger charge is 2.33. The number of nitrogens with one attached hydrogen (secondary N) is 1. The second kappa shape index (κ2) is 5.87. The van der Waals surface area contributed by atoms with Crippen molar-refractivity contribution < 1.29 is 4.79 Å². The van der Waals surface area contributed by atoms with Gasteiger partial charge in [0.15, 0.2) is 0 Å². The van der Waals surface area contributed by atoms with Gasteiger partial charge in [-0.25, -0.2) is 0 Å². The zero-order valence-corrected chi connectivity index (χ0v) is 12.7. The lowest BCUT2D eigenvalue weighted by Crippen LogP contribution is -2.46. The summed E-state index contributed by atoms with van der Waals surface area (Å²) in [7, 11) is 0. The van der Waals surface area contributed by atoms with Gasteiger partial charge in [0.1, 0.15) is 5.54 Å². The molecule has 4 heteroatoms. The summed E-state index contributed by atoms with van der Waals surface area (Å²) in [5.74, 6) is -0.111. The highest BCUT2D eigenvalue weighted by atomic mass is 32.1. The largest absolute Gasteiger partial charge is 0.333 e. The van der Waals surface area contributed by atoms with E-state index in [0.717, 1.165) is 48.6 Å². The Morgan fingerprint density at radius 1 is 1.19 bits per heavy atom. The van der Waals surface area contributed by atoms with Crippen LogP contribution in [0.15, 0.2) is 30.3 Å². The second-order valence-corrected chi connectivity index (χ2v) is 6.79. The number of hydrogen-bond donors (Lipinski definition) is 1. The van der Waals surface area contributed by atoms with Gasteiger partial charge in [-0.1, -0.05) is 43.9 Å². The average molecular weight is 298 g/mol. The molecule has 0 spiro atoms. The lowest BCUT2D eigenvalue weighted by atomic mass is 9.92. The maximum Gasteiger partial charge on any atom is 0.262 e. The molecule has 0 aliphatic heterocycles. The number of carbonyl (C=O) groups excluding carboxylic acids is 1. The smallest absolute Gasteiger partial charge is 0.262 e. The number of carbonyl (C=O) groups is 1. The summed E-state index contributed by atoms with van der Waals surface area (Å²) in [4.78, 5) is 13.2. The summed E-state index contributed by atoms with van der Waals surface area (Å²) in [6, 6.07) is 12.2. The Labute approximate surface area is 128 Å². The molecule has 0 unspecified atom stereocenters. The van der Waals surface area contributed by atoms with Crippen molar-refractivity contribution in [2.24, 2.45) is 0 Å². The van der Waals surface area contributed by atoms with E-state index in [-0.39, 0.29) is 5.91 Å². The molecule has 1 heterocycles. The summed E-state index contributed by atoms with van der Waals surface area (Å²) in [6.07, 6.45) is 5.87. The van der Waals surface area contributed by atoms with Crippen LogP contribution in [0, 0.1) is 11.3 Å². The monoisotopic (exact) mass is 298 g/mol. The zero-order chi connectivity index (χ0) is 14.7. The van der Waals surface area contributed by atoms with Crippen LogP contribution in [0.5, 0.6) is 0 Å². The molecule has 0 saturated heterocycles. The Balaban J connectivity index is 1.82. The van der Waals surface area contributed by atoms with Crippen molar-refractivity contribution >= 4 is 27.3 Å². The quantitative estimate of drug-likeness (QED) is 0.843. The van der Waals surface area contributed by atoms with E-state index in [2.05, 4.69) is 11.4 Å². The molecule has 3 nitrogen and oxygen atoms in total. The topological polar surface area (TPSA) is 52.9 Å². The highest BCUT2D eigenvalue weighted by molar-refractivity contribution is 7.20. The molecule has 1 N–H and O–H groups in total. The van der Waals surface area contributed by atoms with Crippen LogP contribution in [0.1, 0.15) is 48.2 Å². The van der Waals surface area contributed by atoms with E-state index in [9.17, 15) is 10.1 Å². The van der Waals surface area contributed by atoms with E-state index >= 15 is 0 Å². The molecule has 1 aromatic carbocycles. The van der Waals surface area contributed by atoms with Crippen molar-refractivity contribution in [1.29, 1.82) is 5.26 Å². The normalized spacial score (nSPS) is 17.9. The maximum absolute atomic E-state index is 12.5. The SMILES string of the molecule is N#CC1(NC(=O)c2cc3ccccc3s2)CCCCCC1. The van der Waals surface area contributed by atoms with Gasteiger partial charge in [0.25, 0.3) is 5.91 Å². The molecule has 0 bridgehead atoms. The van der Waals surface area contributed by atoms with Crippen molar-refractivity contribution in [3.8, 4) is 6.07 Å². The van der Waals surface area contributed by atoms with E-state index in [1.807, 2.05) is 30.3 Å². The fraction of sp³-hybridized carbons (Fsp3) is 0.412. The number of hydrogen-bond acceptors (Lipinski definition) is 3. The van der Waals surface area contributed by atoms with Crippen molar-refractivity contribution in [3.63, 3.8) is 0 Å². The number of rotatable bonds is 2. The summed E-state index contributed by atoms with van der Waals surface area (Å²) in [5.41, 5.74) is -0.677. The minimum absolute atomic E-state index is 0.111. The van der Waals surface area contributed by atoms with E-state index in [1.165, 1.54) is 11.3 Å². The van der Waals surface area contributed by atoms with Crippen LogP contribution in [0.2, 0.25) is 0 Å². The van der Waals surface area contributed by atoms with Crippen molar-refractivity contribution in [2.45, 2.75) is 44.1 Å². The average Bonchev–Trinajstić information content (AvgIpc) is 2.81. The third-order valence-electron chi connectivity index (χ3n) is 4.17. The van der Waals surface area contributed by atoms with Crippen LogP contribution in [-0.2, 0) is 0 Å².